The van der Waals surface area contributed by atoms with Crippen LogP contribution in [-0.2, 0) is 16.1 Å². The van der Waals surface area contributed by atoms with Gasteiger partial charge >= 0.3 is 5.97 Å². The summed E-state index contributed by atoms with van der Waals surface area (Å²) >= 11 is 0. The summed E-state index contributed by atoms with van der Waals surface area (Å²) in [6.07, 6.45) is 2.60. The van der Waals surface area contributed by atoms with Crippen LogP contribution in [0.3, 0.4) is 0 Å². The van der Waals surface area contributed by atoms with Crippen LogP contribution in [0.5, 0.6) is 0 Å². The van der Waals surface area contributed by atoms with E-state index in [2.05, 4.69) is 20.6 Å². The van der Waals surface area contributed by atoms with Crippen LogP contribution in [0.25, 0.3) is 0 Å². The minimum Gasteiger partial charge on any atom is -0.453 e. The Bertz CT molecular complexity index is 1030. The van der Waals surface area contributed by atoms with Gasteiger partial charge < -0.3 is 4.74 Å². The van der Waals surface area contributed by atoms with Gasteiger partial charge in [0.1, 0.15) is 5.71 Å². The number of nitrogens with zero attached hydrogens (tertiary/aromatic N) is 6. The Morgan fingerprint density at radius 1 is 1.03 bits per heavy atom. The van der Waals surface area contributed by atoms with Gasteiger partial charge in [0.15, 0.2) is 12.4 Å². The summed E-state index contributed by atoms with van der Waals surface area (Å²) in [6, 6.07) is 20.2. The number of benzene rings is 2. The molecule has 1 fully saturated rings. The largest absolute Gasteiger partial charge is 0.453 e. The highest BCUT2D eigenvalue weighted by atomic mass is 16.5. The third-order valence-corrected chi connectivity index (χ3v) is 5.14. The second kappa shape index (κ2) is 7.46. The van der Waals surface area contributed by atoms with Crippen molar-refractivity contribution >= 4 is 17.4 Å². The van der Waals surface area contributed by atoms with Crippen molar-refractivity contribution in [2.75, 3.05) is 5.01 Å². The molecule has 29 heavy (non-hydrogen) atoms. The van der Waals surface area contributed by atoms with Gasteiger partial charge in [-0.15, -0.1) is 5.10 Å². The van der Waals surface area contributed by atoms with Gasteiger partial charge in [0.05, 0.1) is 17.8 Å². The number of anilines is 1. The molecule has 2 aliphatic rings. The van der Waals surface area contributed by atoms with E-state index < -0.39 is 5.97 Å². The maximum Gasteiger partial charge on any atom is 0.355 e. The van der Waals surface area contributed by atoms with Crippen molar-refractivity contribution in [3.63, 3.8) is 0 Å². The number of tetrazole rings is 1. The lowest BCUT2D eigenvalue weighted by atomic mass is 10.0. The van der Waals surface area contributed by atoms with Crippen molar-refractivity contribution in [2.45, 2.75) is 38.0 Å². The summed E-state index contributed by atoms with van der Waals surface area (Å²) in [6.45, 7) is 0.0443. The zero-order valence-corrected chi connectivity index (χ0v) is 15.8. The number of rotatable bonds is 6. The molecule has 1 aliphatic carbocycles. The Morgan fingerprint density at radius 2 is 1.76 bits per heavy atom. The summed E-state index contributed by atoms with van der Waals surface area (Å²) < 4.78 is 7.24. The SMILES string of the molecule is O=C(OCc1nnnn1C1CC1)C1=NN(c2ccccc2)C(c2ccccc2)C1. The first kappa shape index (κ1) is 17.5. The molecule has 2 heterocycles. The topological polar surface area (TPSA) is 85.5 Å². The van der Waals surface area contributed by atoms with Gasteiger partial charge in [-0.05, 0) is 41.0 Å². The Morgan fingerprint density at radius 3 is 2.48 bits per heavy atom. The molecule has 0 bridgehead atoms. The standard InChI is InChI=1S/C21H20N6O2/c28-21(29-14-20-22-24-25-27(20)17-11-12-17)18-13-19(15-7-3-1-4-8-15)26(23-18)16-9-5-2-6-10-16/h1-10,17,19H,11-14H2. The normalized spacial score (nSPS) is 18.6. The molecule has 1 saturated carbocycles. The summed E-state index contributed by atoms with van der Waals surface area (Å²) in [5, 5.41) is 18.1. The summed E-state index contributed by atoms with van der Waals surface area (Å²) in [5.74, 6) is 0.133. The monoisotopic (exact) mass is 388 g/mol. The van der Waals surface area contributed by atoms with Crippen LogP contribution in [-0.4, -0.2) is 31.9 Å². The summed E-state index contributed by atoms with van der Waals surface area (Å²) in [5.41, 5.74) is 2.43. The first-order chi connectivity index (χ1) is 14.3. The first-order valence-corrected chi connectivity index (χ1v) is 9.70. The molecule has 0 radical (unpaired) electrons. The smallest absolute Gasteiger partial charge is 0.355 e. The van der Waals surface area contributed by atoms with Crippen LogP contribution in [0.4, 0.5) is 5.69 Å². The maximum atomic E-state index is 12.7. The van der Waals surface area contributed by atoms with Crippen LogP contribution < -0.4 is 5.01 Å². The summed E-state index contributed by atoms with van der Waals surface area (Å²) in [4.78, 5) is 12.7. The second-order valence-electron chi connectivity index (χ2n) is 7.20. The maximum absolute atomic E-state index is 12.7. The van der Waals surface area contributed by atoms with Crippen molar-refractivity contribution in [3.05, 3.63) is 72.1 Å². The van der Waals surface area contributed by atoms with Gasteiger partial charge in [-0.25, -0.2) is 9.48 Å². The zero-order valence-electron chi connectivity index (χ0n) is 15.8. The Hall–Kier alpha value is -3.55. The quantitative estimate of drug-likeness (QED) is 0.604. The minimum atomic E-state index is -0.435. The van der Waals surface area contributed by atoms with Gasteiger partial charge in [0.2, 0.25) is 0 Å². The number of hydrogen-bond acceptors (Lipinski definition) is 7. The van der Waals surface area contributed by atoms with Crippen molar-refractivity contribution in [1.82, 2.24) is 20.2 Å². The molecule has 5 rings (SSSR count). The van der Waals surface area contributed by atoms with E-state index in [0.29, 0.717) is 24.0 Å². The molecule has 8 nitrogen and oxygen atoms in total. The lowest BCUT2D eigenvalue weighted by Crippen LogP contribution is -2.19. The van der Waals surface area contributed by atoms with E-state index in [1.54, 1.807) is 4.68 Å². The minimum absolute atomic E-state index is 0.0443. The second-order valence-corrected chi connectivity index (χ2v) is 7.20. The number of para-hydroxylation sites is 1. The van der Waals surface area contributed by atoms with Gasteiger partial charge in [0, 0.05) is 6.42 Å². The average molecular weight is 388 g/mol. The van der Waals surface area contributed by atoms with Gasteiger partial charge in [0.25, 0.3) is 0 Å². The van der Waals surface area contributed by atoms with Crippen molar-refractivity contribution in [3.8, 4) is 0 Å². The fraction of sp³-hybridized carbons (Fsp3) is 0.286. The van der Waals surface area contributed by atoms with Gasteiger partial charge in [-0.2, -0.15) is 5.10 Å². The van der Waals surface area contributed by atoms with E-state index in [1.807, 2.05) is 65.7 Å². The third-order valence-electron chi connectivity index (χ3n) is 5.14. The molecule has 0 saturated heterocycles. The third kappa shape index (κ3) is 3.61. The van der Waals surface area contributed by atoms with Crippen LogP contribution in [0.1, 0.15) is 42.7 Å². The molecular formula is C21H20N6O2. The Labute approximate surface area is 167 Å². The van der Waals surface area contributed by atoms with Crippen molar-refractivity contribution in [2.24, 2.45) is 5.10 Å². The number of hydrogen-bond donors (Lipinski definition) is 0. The molecular weight excluding hydrogens is 368 g/mol. The fourth-order valence-corrected chi connectivity index (χ4v) is 3.51. The van der Waals surface area contributed by atoms with Crippen LogP contribution >= 0.6 is 0 Å². The van der Waals surface area contributed by atoms with E-state index in [9.17, 15) is 4.79 Å². The van der Waals surface area contributed by atoms with Crippen LogP contribution in [0.15, 0.2) is 65.8 Å². The van der Waals surface area contributed by atoms with Gasteiger partial charge in [-0.3, -0.25) is 5.01 Å². The Balaban J connectivity index is 1.35. The highest BCUT2D eigenvalue weighted by Crippen LogP contribution is 2.36. The highest BCUT2D eigenvalue weighted by Gasteiger charge is 2.34. The number of esters is 1. The molecule has 1 aromatic heterocycles. The van der Waals surface area contributed by atoms with Crippen molar-refractivity contribution < 1.29 is 9.53 Å². The summed E-state index contributed by atoms with van der Waals surface area (Å²) in [7, 11) is 0. The molecule has 0 amide bonds. The molecule has 1 aliphatic heterocycles. The van der Waals surface area contributed by atoms with E-state index in [4.69, 9.17) is 4.74 Å². The lowest BCUT2D eigenvalue weighted by molar-refractivity contribution is -0.137. The molecule has 2 aromatic carbocycles. The van der Waals surface area contributed by atoms with Crippen LogP contribution in [0, 0.1) is 0 Å². The zero-order chi connectivity index (χ0) is 19.6. The molecule has 1 atom stereocenters. The van der Waals surface area contributed by atoms with Gasteiger partial charge in [-0.1, -0.05) is 48.5 Å². The predicted octanol–water partition coefficient (Wildman–Crippen LogP) is 3.06. The molecule has 8 heteroatoms. The molecule has 1 unspecified atom stereocenters. The number of aromatic nitrogens is 4. The Kier molecular flexibility index (Phi) is 4.51. The van der Waals surface area contributed by atoms with Crippen LogP contribution in [0.2, 0.25) is 0 Å². The van der Waals surface area contributed by atoms with Crippen molar-refractivity contribution in [1.29, 1.82) is 0 Å². The number of carbonyl (C=O) groups is 1. The van der Waals surface area contributed by atoms with E-state index >= 15 is 0 Å². The van der Waals surface area contributed by atoms with E-state index in [-0.39, 0.29) is 12.6 Å². The number of hydrazone groups is 1. The molecule has 0 spiro atoms. The fourth-order valence-electron chi connectivity index (χ4n) is 3.51. The number of ether oxygens (including phenoxy) is 1. The number of carbonyl (C=O) groups excluding carboxylic acids is 1. The van der Waals surface area contributed by atoms with E-state index in [0.717, 1.165) is 24.1 Å². The molecule has 0 N–H and O–H groups in total. The lowest BCUT2D eigenvalue weighted by Gasteiger charge is -2.23. The molecule has 146 valence electrons. The predicted molar refractivity (Wildman–Crippen MR) is 106 cm³/mol. The molecule has 3 aromatic rings. The highest BCUT2D eigenvalue weighted by molar-refractivity contribution is 6.37. The first-order valence-electron chi connectivity index (χ1n) is 9.70. The average Bonchev–Trinajstić information content (AvgIpc) is 3.34. The van der Waals surface area contributed by atoms with E-state index in [1.165, 1.54) is 0 Å².